The molecule has 1 aliphatic heterocycles. The Kier molecular flexibility index (Phi) is 4.72. The Hall–Kier alpha value is -2.93. The number of amides is 2. The minimum atomic E-state index is -0.679. The number of H-pyrrole nitrogens is 1. The van der Waals surface area contributed by atoms with Crippen molar-refractivity contribution in [2.24, 2.45) is 0 Å². The molecule has 2 amide bonds. The fraction of sp³-hybridized carbons (Fsp3) is 0.235. The summed E-state index contributed by atoms with van der Waals surface area (Å²) in [5, 5.41) is 0. The number of hydrogen-bond donors (Lipinski definition) is 3. The first-order valence-corrected chi connectivity index (χ1v) is 7.66. The zero-order valence-corrected chi connectivity index (χ0v) is 12.9. The first-order valence-electron chi connectivity index (χ1n) is 7.66. The standard InChI is InChI=1S/C17H17N3O4/c21-15-12(8-9-13(18-15)11-5-2-1-3-6-11)16(22)19-20-17(23)14-7-4-10-24-14/h1-3,5-6,8-9,14H,4,7,10H2,(H,18,21)(H,19,22)(H,20,23). The molecule has 24 heavy (non-hydrogen) atoms. The van der Waals surface area contributed by atoms with Gasteiger partial charge in [0, 0.05) is 12.3 Å². The van der Waals surface area contributed by atoms with Crippen molar-refractivity contribution >= 4 is 11.8 Å². The number of aromatic amines is 1. The molecular formula is C17H17N3O4. The molecule has 1 aromatic heterocycles. The predicted molar refractivity (Wildman–Crippen MR) is 87.1 cm³/mol. The van der Waals surface area contributed by atoms with Crippen LogP contribution in [0.25, 0.3) is 11.3 Å². The maximum atomic E-state index is 12.1. The highest BCUT2D eigenvalue weighted by Crippen LogP contribution is 2.14. The van der Waals surface area contributed by atoms with Gasteiger partial charge in [-0.3, -0.25) is 25.2 Å². The average molecular weight is 327 g/mol. The molecule has 3 rings (SSSR count). The molecule has 1 unspecified atom stereocenters. The second-order valence-electron chi connectivity index (χ2n) is 5.43. The van der Waals surface area contributed by atoms with E-state index in [9.17, 15) is 14.4 Å². The smallest absolute Gasteiger partial charge is 0.275 e. The SMILES string of the molecule is O=C(NNC(=O)C1CCCO1)c1ccc(-c2ccccc2)[nH]c1=O. The van der Waals surface area contributed by atoms with Crippen molar-refractivity contribution in [1.29, 1.82) is 0 Å². The second-order valence-corrected chi connectivity index (χ2v) is 5.43. The van der Waals surface area contributed by atoms with Gasteiger partial charge in [-0.15, -0.1) is 0 Å². The van der Waals surface area contributed by atoms with Crippen LogP contribution in [0.15, 0.2) is 47.3 Å². The molecule has 1 aliphatic rings. The van der Waals surface area contributed by atoms with Gasteiger partial charge in [-0.05, 0) is 30.5 Å². The van der Waals surface area contributed by atoms with Gasteiger partial charge in [0.15, 0.2) is 0 Å². The zero-order valence-electron chi connectivity index (χ0n) is 12.9. The highest BCUT2D eigenvalue weighted by atomic mass is 16.5. The first kappa shape index (κ1) is 15.9. The molecule has 1 fully saturated rings. The summed E-state index contributed by atoms with van der Waals surface area (Å²) in [6.45, 7) is 0.534. The number of benzene rings is 1. The highest BCUT2D eigenvalue weighted by Gasteiger charge is 2.24. The fourth-order valence-electron chi connectivity index (χ4n) is 2.49. The van der Waals surface area contributed by atoms with E-state index in [1.54, 1.807) is 6.07 Å². The highest BCUT2D eigenvalue weighted by molar-refractivity contribution is 5.95. The monoisotopic (exact) mass is 327 g/mol. The van der Waals surface area contributed by atoms with Crippen molar-refractivity contribution in [2.45, 2.75) is 18.9 Å². The van der Waals surface area contributed by atoms with Gasteiger partial charge >= 0.3 is 0 Å². The van der Waals surface area contributed by atoms with Gasteiger partial charge in [-0.25, -0.2) is 0 Å². The molecular weight excluding hydrogens is 310 g/mol. The van der Waals surface area contributed by atoms with E-state index in [2.05, 4.69) is 15.8 Å². The van der Waals surface area contributed by atoms with Crippen LogP contribution in [0.3, 0.4) is 0 Å². The maximum Gasteiger partial charge on any atom is 0.275 e. The molecule has 0 saturated carbocycles. The predicted octanol–water partition coefficient (Wildman–Crippen LogP) is 0.982. The third-order valence-corrected chi connectivity index (χ3v) is 3.76. The molecule has 2 heterocycles. The topological polar surface area (TPSA) is 100 Å². The molecule has 1 aromatic carbocycles. The van der Waals surface area contributed by atoms with E-state index >= 15 is 0 Å². The van der Waals surface area contributed by atoms with Gasteiger partial charge in [0.25, 0.3) is 17.4 Å². The minimum absolute atomic E-state index is 0.0812. The maximum absolute atomic E-state index is 12.1. The van der Waals surface area contributed by atoms with Gasteiger partial charge in [0.05, 0.1) is 0 Å². The number of hydrogen-bond acceptors (Lipinski definition) is 4. The van der Waals surface area contributed by atoms with Crippen LogP contribution in [-0.4, -0.2) is 29.5 Å². The number of rotatable bonds is 3. The normalized spacial score (nSPS) is 16.6. The Morgan fingerprint density at radius 1 is 1.08 bits per heavy atom. The van der Waals surface area contributed by atoms with Crippen LogP contribution in [0.5, 0.6) is 0 Å². The number of carbonyl (C=O) groups excluding carboxylic acids is 2. The Labute approximate surface area is 138 Å². The van der Waals surface area contributed by atoms with Gasteiger partial charge in [-0.1, -0.05) is 30.3 Å². The van der Waals surface area contributed by atoms with Crippen molar-refractivity contribution in [3.8, 4) is 11.3 Å². The van der Waals surface area contributed by atoms with Gasteiger partial charge in [0.1, 0.15) is 11.7 Å². The van der Waals surface area contributed by atoms with Gasteiger partial charge < -0.3 is 9.72 Å². The summed E-state index contributed by atoms with van der Waals surface area (Å²) in [6, 6.07) is 12.4. The van der Waals surface area contributed by atoms with Crippen molar-refractivity contribution in [1.82, 2.24) is 15.8 Å². The zero-order chi connectivity index (χ0) is 16.9. The Morgan fingerprint density at radius 2 is 1.88 bits per heavy atom. The van der Waals surface area contributed by atoms with Crippen LogP contribution in [0.2, 0.25) is 0 Å². The van der Waals surface area contributed by atoms with Crippen molar-refractivity contribution in [3.63, 3.8) is 0 Å². The first-order chi connectivity index (χ1) is 11.6. The van der Waals surface area contributed by atoms with Gasteiger partial charge in [0.2, 0.25) is 0 Å². The van der Waals surface area contributed by atoms with Crippen LogP contribution < -0.4 is 16.4 Å². The summed E-state index contributed by atoms with van der Waals surface area (Å²) in [5.74, 6) is -1.10. The van der Waals surface area contributed by atoms with Crippen LogP contribution in [0, 0.1) is 0 Å². The lowest BCUT2D eigenvalue weighted by Gasteiger charge is -2.11. The van der Waals surface area contributed by atoms with E-state index in [1.807, 2.05) is 30.3 Å². The van der Waals surface area contributed by atoms with Crippen LogP contribution >= 0.6 is 0 Å². The lowest BCUT2D eigenvalue weighted by atomic mass is 10.1. The number of nitrogens with one attached hydrogen (secondary N) is 3. The molecule has 1 saturated heterocycles. The molecule has 2 aromatic rings. The summed E-state index contributed by atoms with van der Waals surface area (Å²) < 4.78 is 5.21. The number of carbonyl (C=O) groups is 2. The third-order valence-electron chi connectivity index (χ3n) is 3.76. The summed E-state index contributed by atoms with van der Waals surface area (Å²) in [5.41, 5.74) is 5.36. The Morgan fingerprint density at radius 3 is 2.54 bits per heavy atom. The molecule has 0 spiro atoms. The molecule has 7 heteroatoms. The van der Waals surface area contributed by atoms with Crippen molar-refractivity contribution in [3.05, 3.63) is 58.4 Å². The molecule has 1 atom stereocenters. The van der Waals surface area contributed by atoms with Crippen LogP contribution in [-0.2, 0) is 9.53 Å². The van der Waals surface area contributed by atoms with E-state index in [1.165, 1.54) is 6.07 Å². The Bertz CT molecular complexity index is 795. The van der Waals surface area contributed by atoms with E-state index in [-0.39, 0.29) is 5.56 Å². The summed E-state index contributed by atoms with van der Waals surface area (Å²) in [7, 11) is 0. The lowest BCUT2D eigenvalue weighted by Crippen LogP contribution is -2.47. The minimum Gasteiger partial charge on any atom is -0.368 e. The molecule has 0 aliphatic carbocycles. The largest absolute Gasteiger partial charge is 0.368 e. The number of ether oxygens (including phenoxy) is 1. The van der Waals surface area contributed by atoms with Gasteiger partial charge in [-0.2, -0.15) is 0 Å². The third kappa shape index (κ3) is 3.52. The quantitative estimate of drug-likeness (QED) is 0.732. The Balaban J connectivity index is 1.67. The summed E-state index contributed by atoms with van der Waals surface area (Å²) in [6.07, 6.45) is 0.879. The van der Waals surface area contributed by atoms with E-state index in [0.29, 0.717) is 18.7 Å². The van der Waals surface area contributed by atoms with Crippen LogP contribution in [0.1, 0.15) is 23.2 Å². The summed E-state index contributed by atoms with van der Waals surface area (Å²) in [4.78, 5) is 38.6. The van der Waals surface area contributed by atoms with Crippen molar-refractivity contribution in [2.75, 3.05) is 6.61 Å². The number of pyridine rings is 1. The molecule has 0 bridgehead atoms. The molecule has 7 nitrogen and oxygen atoms in total. The fourth-order valence-corrected chi connectivity index (χ4v) is 2.49. The number of hydrazine groups is 1. The molecule has 124 valence electrons. The van der Waals surface area contributed by atoms with E-state index in [4.69, 9.17) is 4.74 Å². The number of aromatic nitrogens is 1. The summed E-state index contributed by atoms with van der Waals surface area (Å²) >= 11 is 0. The lowest BCUT2D eigenvalue weighted by molar-refractivity contribution is -0.130. The van der Waals surface area contributed by atoms with Crippen molar-refractivity contribution < 1.29 is 14.3 Å². The van der Waals surface area contributed by atoms with E-state index in [0.717, 1.165) is 12.0 Å². The molecule has 0 radical (unpaired) electrons. The second kappa shape index (κ2) is 7.10. The van der Waals surface area contributed by atoms with Crippen LogP contribution in [0.4, 0.5) is 0 Å². The molecule has 3 N–H and O–H groups in total. The average Bonchev–Trinajstić information content (AvgIpc) is 3.15. The van der Waals surface area contributed by atoms with E-state index < -0.39 is 23.5 Å².